The minimum atomic E-state index is 1.16. The second kappa shape index (κ2) is 19.8. The van der Waals surface area contributed by atoms with E-state index in [1.807, 2.05) is 0 Å². The highest BCUT2D eigenvalue weighted by Crippen LogP contribution is 2.48. The lowest BCUT2D eigenvalue weighted by molar-refractivity contribution is 0.607. The molecule has 0 amide bonds. The molecule has 0 heteroatoms. The van der Waals surface area contributed by atoms with Crippen molar-refractivity contribution < 1.29 is 0 Å². The van der Waals surface area contributed by atoms with Gasteiger partial charge in [0.2, 0.25) is 0 Å². The standard InChI is InChI=1S/C62H62/c1-3-5-7-9-11-15-25-47-27-33-49(34-28-47)53-41-57-58(42-54(53)50-35-29-48(30-36-50)26-16-12-10-8-6-4-2)62-44-60-56-40-52(38-32-46-23-19-14-20-24-46)51(37-31-45-21-17-13-18-22-45)39-55(56)59(60)43-61(57)62/h13-14,17-24,27-44H,3-12,15-16,25-26H2,1-2H3. The van der Waals surface area contributed by atoms with Crippen molar-refractivity contribution in [2.75, 3.05) is 0 Å². The summed E-state index contributed by atoms with van der Waals surface area (Å²) in [7, 11) is 0. The third-order valence-electron chi connectivity index (χ3n) is 13.4. The first-order valence-corrected chi connectivity index (χ1v) is 23.9. The molecule has 0 fully saturated rings. The Balaban J connectivity index is 1.07. The molecule has 0 spiro atoms. The summed E-state index contributed by atoms with van der Waals surface area (Å²) in [6.07, 6.45) is 27.4. The maximum absolute atomic E-state index is 2.50. The molecule has 9 aromatic rings. The molecule has 0 bridgehead atoms. The molecule has 9 rings (SSSR count). The molecule has 0 saturated heterocycles. The highest BCUT2D eigenvalue weighted by atomic mass is 14.2. The molecule has 0 aliphatic carbocycles. The van der Waals surface area contributed by atoms with Crippen LogP contribution in [0, 0.1) is 0 Å². The molecule has 0 saturated carbocycles. The average Bonchev–Trinajstić information content (AvgIpc) is 3.31. The van der Waals surface area contributed by atoms with Gasteiger partial charge in [0.15, 0.2) is 0 Å². The Hall–Kier alpha value is -5.98. The van der Waals surface area contributed by atoms with Crippen LogP contribution in [0.2, 0.25) is 0 Å². The van der Waals surface area contributed by atoms with Gasteiger partial charge in [0.25, 0.3) is 0 Å². The van der Waals surface area contributed by atoms with Gasteiger partial charge in [-0.15, -0.1) is 0 Å². The van der Waals surface area contributed by atoms with Crippen LogP contribution in [0.1, 0.15) is 124 Å². The van der Waals surface area contributed by atoms with E-state index in [0.717, 1.165) is 12.8 Å². The number of unbranched alkanes of at least 4 members (excludes halogenated alkanes) is 10. The predicted octanol–water partition coefficient (Wildman–Crippen LogP) is 18.7. The fourth-order valence-corrected chi connectivity index (χ4v) is 9.68. The summed E-state index contributed by atoms with van der Waals surface area (Å²) in [6, 6.07) is 55.1. The van der Waals surface area contributed by atoms with Crippen LogP contribution in [0.15, 0.2) is 146 Å². The van der Waals surface area contributed by atoms with E-state index in [0.29, 0.717) is 0 Å². The Morgan fingerprint density at radius 2 is 0.645 bits per heavy atom. The topological polar surface area (TPSA) is 0 Å². The molecule has 0 N–H and O–H groups in total. The Labute approximate surface area is 370 Å². The molecule has 0 aliphatic rings. The molecule has 62 heavy (non-hydrogen) atoms. The number of hydrogen-bond donors (Lipinski definition) is 0. The molecule has 0 nitrogen and oxygen atoms in total. The molecule has 0 aromatic heterocycles. The molecule has 0 aliphatic heterocycles. The summed E-state index contributed by atoms with van der Waals surface area (Å²) in [5, 5.41) is 10.9. The lowest BCUT2D eigenvalue weighted by Crippen LogP contribution is -1.95. The zero-order valence-corrected chi connectivity index (χ0v) is 37.1. The first-order valence-electron chi connectivity index (χ1n) is 23.9. The Kier molecular flexibility index (Phi) is 13.2. The maximum atomic E-state index is 2.50. The van der Waals surface area contributed by atoms with Gasteiger partial charge in [-0.25, -0.2) is 0 Å². The second-order valence-electron chi connectivity index (χ2n) is 17.8. The van der Waals surface area contributed by atoms with Crippen LogP contribution in [0.4, 0.5) is 0 Å². The van der Waals surface area contributed by atoms with Crippen molar-refractivity contribution in [3.8, 4) is 22.3 Å². The van der Waals surface area contributed by atoms with Gasteiger partial charge in [0.05, 0.1) is 0 Å². The van der Waals surface area contributed by atoms with Crippen LogP contribution >= 0.6 is 0 Å². The largest absolute Gasteiger partial charge is 0.0654 e. The van der Waals surface area contributed by atoms with E-state index in [4.69, 9.17) is 0 Å². The Morgan fingerprint density at radius 3 is 1.03 bits per heavy atom. The van der Waals surface area contributed by atoms with Crippen molar-refractivity contribution in [2.24, 2.45) is 0 Å². The SMILES string of the molecule is CCCCCCCCc1ccc(-c2cc3c(cc2-c2ccc(CCCCCCCC)cc2)c2cc4c5cc(C=Cc6ccccc6)c(C=Cc6ccccc6)cc5c4cc32)cc1. The predicted molar refractivity (Wildman–Crippen MR) is 275 cm³/mol. The van der Waals surface area contributed by atoms with Gasteiger partial charge in [-0.1, -0.05) is 212 Å². The zero-order valence-electron chi connectivity index (χ0n) is 37.1. The molecular formula is C62H62. The van der Waals surface area contributed by atoms with E-state index in [9.17, 15) is 0 Å². The first-order chi connectivity index (χ1) is 30.7. The van der Waals surface area contributed by atoms with Crippen LogP contribution in [-0.2, 0) is 12.8 Å². The fourth-order valence-electron chi connectivity index (χ4n) is 9.68. The third kappa shape index (κ3) is 9.27. The minimum Gasteiger partial charge on any atom is -0.0654 e. The van der Waals surface area contributed by atoms with Gasteiger partial charge in [-0.3, -0.25) is 0 Å². The number of aryl methyl sites for hydroxylation is 2. The summed E-state index contributed by atoms with van der Waals surface area (Å²) < 4.78 is 0. The van der Waals surface area contributed by atoms with Crippen LogP contribution < -0.4 is 0 Å². The summed E-state index contributed by atoms with van der Waals surface area (Å²) in [6.45, 7) is 4.59. The van der Waals surface area contributed by atoms with Crippen molar-refractivity contribution >= 4 is 67.4 Å². The summed E-state index contributed by atoms with van der Waals surface area (Å²) in [5.74, 6) is 0. The maximum Gasteiger partial charge on any atom is -0.00921 e. The quantitative estimate of drug-likeness (QED) is 0.0532. The molecule has 310 valence electrons. The van der Waals surface area contributed by atoms with Gasteiger partial charge >= 0.3 is 0 Å². The van der Waals surface area contributed by atoms with Gasteiger partial charge in [0.1, 0.15) is 0 Å². The normalized spacial score (nSPS) is 12.2. The molecule has 9 aromatic carbocycles. The van der Waals surface area contributed by atoms with Crippen molar-refractivity contribution in [3.05, 3.63) is 179 Å². The monoisotopic (exact) mass is 806 g/mol. The van der Waals surface area contributed by atoms with Crippen LogP contribution in [0.5, 0.6) is 0 Å². The highest BCUT2D eigenvalue weighted by Gasteiger charge is 2.20. The average molecular weight is 807 g/mol. The van der Waals surface area contributed by atoms with Crippen molar-refractivity contribution in [1.29, 1.82) is 0 Å². The first kappa shape index (κ1) is 41.4. The molecule has 0 heterocycles. The lowest BCUT2D eigenvalue weighted by Gasteiger charge is -2.21. The summed E-state index contributed by atoms with van der Waals surface area (Å²) >= 11 is 0. The Morgan fingerprint density at radius 1 is 0.306 bits per heavy atom. The molecule has 0 atom stereocenters. The smallest absolute Gasteiger partial charge is 0.00921 e. The van der Waals surface area contributed by atoms with Crippen molar-refractivity contribution in [2.45, 2.75) is 104 Å². The molecule has 0 radical (unpaired) electrons. The van der Waals surface area contributed by atoms with Gasteiger partial charge in [-0.05, 0) is 161 Å². The van der Waals surface area contributed by atoms with E-state index >= 15 is 0 Å². The van der Waals surface area contributed by atoms with Crippen molar-refractivity contribution in [1.82, 2.24) is 0 Å². The number of hydrogen-bond acceptors (Lipinski definition) is 0. The van der Waals surface area contributed by atoms with Gasteiger partial charge < -0.3 is 0 Å². The van der Waals surface area contributed by atoms with Crippen LogP contribution in [0.25, 0.3) is 89.6 Å². The number of fused-ring (bicyclic) bond motifs is 8. The number of rotatable bonds is 20. The van der Waals surface area contributed by atoms with E-state index in [1.54, 1.807) is 0 Å². The van der Waals surface area contributed by atoms with Crippen LogP contribution in [-0.4, -0.2) is 0 Å². The zero-order chi connectivity index (χ0) is 42.1. The van der Waals surface area contributed by atoms with Gasteiger partial charge in [0, 0.05) is 0 Å². The van der Waals surface area contributed by atoms with Crippen LogP contribution in [0.3, 0.4) is 0 Å². The Bertz CT molecular complexity index is 2670. The number of benzene rings is 7. The summed E-state index contributed by atoms with van der Waals surface area (Å²) in [5.41, 5.74) is 13.1. The summed E-state index contributed by atoms with van der Waals surface area (Å²) in [4.78, 5) is 0. The molecular weight excluding hydrogens is 745 g/mol. The van der Waals surface area contributed by atoms with E-state index < -0.39 is 0 Å². The third-order valence-corrected chi connectivity index (χ3v) is 13.4. The van der Waals surface area contributed by atoms with E-state index in [-0.39, 0.29) is 0 Å². The fraction of sp³-hybridized carbons (Fsp3) is 0.258. The molecule has 0 unspecified atom stereocenters. The highest BCUT2D eigenvalue weighted by molar-refractivity contribution is 6.35. The second-order valence-corrected chi connectivity index (χ2v) is 17.8. The van der Waals surface area contributed by atoms with Gasteiger partial charge in [-0.2, -0.15) is 0 Å². The van der Waals surface area contributed by atoms with E-state index in [2.05, 4.69) is 184 Å². The minimum absolute atomic E-state index is 1.16. The van der Waals surface area contributed by atoms with E-state index in [1.165, 1.54) is 176 Å². The lowest BCUT2D eigenvalue weighted by atomic mass is 9.82. The van der Waals surface area contributed by atoms with Crippen molar-refractivity contribution in [3.63, 3.8) is 0 Å².